The predicted molar refractivity (Wildman–Crippen MR) is 47.7 cm³/mol. The molecule has 0 aromatic heterocycles. The zero-order valence-corrected chi connectivity index (χ0v) is 7.73. The summed E-state index contributed by atoms with van der Waals surface area (Å²) < 4.78 is 0. The predicted octanol–water partition coefficient (Wildman–Crippen LogP) is -0.291. The number of aliphatic hydroxyl groups is 1. The van der Waals surface area contributed by atoms with Gasteiger partial charge < -0.3 is 20.4 Å². The van der Waals surface area contributed by atoms with Gasteiger partial charge in [0, 0.05) is 25.2 Å². The number of nitrogens with zero attached hydrogens (tertiary/aromatic N) is 1. The van der Waals surface area contributed by atoms with Crippen LogP contribution in [0.5, 0.6) is 0 Å². The molecular formula is C8H16N2O3. The Kier molecular flexibility index (Phi) is 3.50. The van der Waals surface area contributed by atoms with Crippen molar-refractivity contribution >= 4 is 6.09 Å². The summed E-state index contributed by atoms with van der Waals surface area (Å²) in [6.07, 6.45) is -0.0935. The highest BCUT2D eigenvalue weighted by Gasteiger charge is 2.29. The smallest absolute Gasteiger partial charge is 0.407 e. The molecule has 13 heavy (non-hydrogen) atoms. The molecule has 5 nitrogen and oxygen atoms in total. The van der Waals surface area contributed by atoms with Crippen molar-refractivity contribution in [1.82, 2.24) is 10.2 Å². The number of rotatable bonds is 2. The van der Waals surface area contributed by atoms with Crippen LogP contribution in [0.2, 0.25) is 0 Å². The summed E-state index contributed by atoms with van der Waals surface area (Å²) in [4.78, 5) is 12.2. The topological polar surface area (TPSA) is 72.8 Å². The molecule has 0 aromatic rings. The summed E-state index contributed by atoms with van der Waals surface area (Å²) in [5.41, 5.74) is 0. The van der Waals surface area contributed by atoms with Crippen LogP contribution < -0.4 is 5.32 Å². The summed E-state index contributed by atoms with van der Waals surface area (Å²) >= 11 is 0. The number of carboxylic acid groups (broad SMARTS) is 1. The maximum Gasteiger partial charge on any atom is 0.407 e. The van der Waals surface area contributed by atoms with E-state index in [1.54, 1.807) is 0 Å². The number of nitrogens with one attached hydrogen (secondary N) is 1. The van der Waals surface area contributed by atoms with Gasteiger partial charge in [0.15, 0.2) is 0 Å². The van der Waals surface area contributed by atoms with E-state index in [9.17, 15) is 4.79 Å². The number of aliphatic hydroxyl groups excluding tert-OH is 1. The molecule has 2 atom stereocenters. The van der Waals surface area contributed by atoms with Crippen LogP contribution in [0.25, 0.3) is 0 Å². The van der Waals surface area contributed by atoms with E-state index in [1.165, 1.54) is 4.90 Å². The molecule has 0 radical (unpaired) electrons. The van der Waals surface area contributed by atoms with Gasteiger partial charge in [-0.1, -0.05) is 6.92 Å². The molecule has 1 saturated heterocycles. The van der Waals surface area contributed by atoms with E-state index in [0.717, 1.165) is 6.42 Å². The molecule has 0 aliphatic carbocycles. The van der Waals surface area contributed by atoms with Gasteiger partial charge in [-0.2, -0.15) is 0 Å². The van der Waals surface area contributed by atoms with E-state index in [1.807, 2.05) is 6.92 Å². The first kappa shape index (κ1) is 10.3. The number of carbonyl (C=O) groups is 1. The van der Waals surface area contributed by atoms with Crippen molar-refractivity contribution in [2.45, 2.75) is 25.4 Å². The van der Waals surface area contributed by atoms with Gasteiger partial charge in [0.25, 0.3) is 0 Å². The minimum Gasteiger partial charge on any atom is -0.465 e. The lowest BCUT2D eigenvalue weighted by Gasteiger charge is -2.37. The summed E-state index contributed by atoms with van der Waals surface area (Å²) in [6, 6.07) is -0.0702. The van der Waals surface area contributed by atoms with Crippen molar-refractivity contribution in [1.29, 1.82) is 0 Å². The van der Waals surface area contributed by atoms with Crippen molar-refractivity contribution < 1.29 is 15.0 Å². The van der Waals surface area contributed by atoms with Crippen LogP contribution in [0.1, 0.15) is 13.3 Å². The molecule has 1 heterocycles. The van der Waals surface area contributed by atoms with Crippen LogP contribution in [-0.2, 0) is 0 Å². The van der Waals surface area contributed by atoms with Gasteiger partial charge in [-0.05, 0) is 6.42 Å². The van der Waals surface area contributed by atoms with E-state index in [2.05, 4.69) is 5.32 Å². The molecule has 76 valence electrons. The zero-order chi connectivity index (χ0) is 9.84. The van der Waals surface area contributed by atoms with Gasteiger partial charge >= 0.3 is 6.09 Å². The molecule has 0 saturated carbocycles. The maximum absolute atomic E-state index is 10.8. The third-order valence-electron chi connectivity index (χ3n) is 2.44. The van der Waals surface area contributed by atoms with Crippen LogP contribution in [0.15, 0.2) is 0 Å². The summed E-state index contributed by atoms with van der Waals surface area (Å²) in [5.74, 6) is 0. The van der Waals surface area contributed by atoms with E-state index in [-0.39, 0.29) is 18.7 Å². The normalized spacial score (nSPS) is 28.9. The lowest BCUT2D eigenvalue weighted by molar-refractivity contribution is 0.0836. The van der Waals surface area contributed by atoms with Crippen LogP contribution in [-0.4, -0.2) is 53.0 Å². The molecule has 1 amide bonds. The molecule has 1 aliphatic rings. The van der Waals surface area contributed by atoms with Crippen molar-refractivity contribution in [3.63, 3.8) is 0 Å². The van der Waals surface area contributed by atoms with Gasteiger partial charge in [0.1, 0.15) is 0 Å². The van der Waals surface area contributed by atoms with Gasteiger partial charge in [-0.25, -0.2) is 4.79 Å². The molecule has 1 aliphatic heterocycles. The highest BCUT2D eigenvalue weighted by atomic mass is 16.4. The Morgan fingerprint density at radius 3 is 2.85 bits per heavy atom. The summed E-state index contributed by atoms with van der Waals surface area (Å²) in [5, 5.41) is 20.8. The number of hydrogen-bond acceptors (Lipinski definition) is 3. The van der Waals surface area contributed by atoms with Gasteiger partial charge in [0.2, 0.25) is 0 Å². The maximum atomic E-state index is 10.8. The van der Waals surface area contributed by atoms with Gasteiger partial charge in [-0.15, -0.1) is 0 Å². The van der Waals surface area contributed by atoms with Crippen molar-refractivity contribution in [3.8, 4) is 0 Å². The van der Waals surface area contributed by atoms with E-state index in [4.69, 9.17) is 10.2 Å². The number of hydrogen-bond donors (Lipinski definition) is 3. The van der Waals surface area contributed by atoms with Crippen molar-refractivity contribution in [3.05, 3.63) is 0 Å². The first-order valence-electron chi connectivity index (χ1n) is 4.52. The van der Waals surface area contributed by atoms with E-state index in [0.29, 0.717) is 13.1 Å². The number of piperazine rings is 1. The molecular weight excluding hydrogens is 172 g/mol. The molecule has 0 bridgehead atoms. The summed E-state index contributed by atoms with van der Waals surface area (Å²) in [7, 11) is 0. The number of amides is 1. The summed E-state index contributed by atoms with van der Waals surface area (Å²) in [6.45, 7) is 2.96. The van der Waals surface area contributed by atoms with E-state index >= 15 is 0 Å². The fourth-order valence-electron chi connectivity index (χ4n) is 1.59. The van der Waals surface area contributed by atoms with Gasteiger partial charge in [-0.3, -0.25) is 0 Å². The monoisotopic (exact) mass is 188 g/mol. The Morgan fingerprint density at radius 2 is 2.38 bits per heavy atom. The van der Waals surface area contributed by atoms with Gasteiger partial charge in [0.05, 0.1) is 6.61 Å². The third-order valence-corrected chi connectivity index (χ3v) is 2.44. The molecule has 0 spiro atoms. The standard InChI is InChI=1S/C8H16N2O3/c1-2-7-3-9-6(5-11)4-10(7)8(12)13/h6-7,9,11H,2-5H2,1H3,(H,12,13)/t6-,7-/m1/s1. The molecule has 1 fully saturated rings. The average molecular weight is 188 g/mol. The minimum absolute atomic E-state index is 0.0137. The largest absolute Gasteiger partial charge is 0.465 e. The molecule has 3 N–H and O–H groups in total. The average Bonchev–Trinajstić information content (AvgIpc) is 2.16. The SMILES string of the molecule is CC[C@@H]1CN[C@@H](CO)CN1C(=O)O. The second-order valence-corrected chi connectivity index (χ2v) is 3.28. The van der Waals surface area contributed by atoms with Crippen LogP contribution in [0.4, 0.5) is 4.79 Å². The second-order valence-electron chi connectivity index (χ2n) is 3.28. The Balaban J connectivity index is 2.57. The van der Waals surface area contributed by atoms with Crippen molar-refractivity contribution in [2.75, 3.05) is 19.7 Å². The van der Waals surface area contributed by atoms with Crippen LogP contribution in [0.3, 0.4) is 0 Å². The van der Waals surface area contributed by atoms with E-state index < -0.39 is 6.09 Å². The highest BCUT2D eigenvalue weighted by molar-refractivity contribution is 5.65. The van der Waals surface area contributed by atoms with Crippen LogP contribution >= 0.6 is 0 Å². The fourth-order valence-corrected chi connectivity index (χ4v) is 1.59. The Labute approximate surface area is 77.3 Å². The molecule has 0 aromatic carbocycles. The second kappa shape index (κ2) is 4.43. The first-order valence-corrected chi connectivity index (χ1v) is 4.52. The molecule has 1 rings (SSSR count). The van der Waals surface area contributed by atoms with Crippen molar-refractivity contribution in [2.24, 2.45) is 0 Å². The quantitative estimate of drug-likeness (QED) is 0.556. The first-order chi connectivity index (χ1) is 6.19. The fraction of sp³-hybridized carbons (Fsp3) is 0.875. The van der Waals surface area contributed by atoms with Crippen LogP contribution in [0, 0.1) is 0 Å². The minimum atomic E-state index is -0.896. The molecule has 0 unspecified atom stereocenters. The Bertz CT molecular complexity index is 186. The Hall–Kier alpha value is -0.810. The Morgan fingerprint density at radius 1 is 1.69 bits per heavy atom. The third kappa shape index (κ3) is 2.32. The lowest BCUT2D eigenvalue weighted by atomic mass is 10.1. The lowest BCUT2D eigenvalue weighted by Crippen LogP contribution is -2.58. The highest BCUT2D eigenvalue weighted by Crippen LogP contribution is 2.09. The zero-order valence-electron chi connectivity index (χ0n) is 7.73. The molecule has 5 heteroatoms.